The molecule has 6 nitrogen and oxygen atoms in total. The first kappa shape index (κ1) is 12.8. The van der Waals surface area contributed by atoms with Gasteiger partial charge in [0.15, 0.2) is 0 Å². The van der Waals surface area contributed by atoms with Gasteiger partial charge in [-0.2, -0.15) is 0 Å². The lowest BCUT2D eigenvalue weighted by Crippen LogP contribution is -2.19. The lowest BCUT2D eigenvalue weighted by Gasteiger charge is -2.10. The molecule has 0 saturated carbocycles. The molecule has 1 saturated heterocycles. The largest absolute Gasteiger partial charge is 0.397 e. The van der Waals surface area contributed by atoms with Crippen LogP contribution in [-0.2, 0) is 4.74 Å². The Labute approximate surface area is 117 Å². The van der Waals surface area contributed by atoms with E-state index in [2.05, 4.69) is 20.3 Å². The molecule has 20 heavy (non-hydrogen) atoms. The maximum Gasteiger partial charge on any atom is 0.222 e. The number of anilines is 2. The lowest BCUT2D eigenvalue weighted by atomic mass is 10.2. The van der Waals surface area contributed by atoms with E-state index in [0.29, 0.717) is 11.6 Å². The van der Waals surface area contributed by atoms with Crippen molar-refractivity contribution in [2.75, 3.05) is 24.2 Å². The summed E-state index contributed by atoms with van der Waals surface area (Å²) in [4.78, 5) is 12.8. The predicted molar refractivity (Wildman–Crippen MR) is 77.1 cm³/mol. The molecule has 0 radical (unpaired) electrons. The average molecular weight is 271 g/mol. The van der Waals surface area contributed by atoms with Gasteiger partial charge in [-0.05, 0) is 25.0 Å². The van der Waals surface area contributed by atoms with Gasteiger partial charge in [-0.15, -0.1) is 0 Å². The van der Waals surface area contributed by atoms with Crippen molar-refractivity contribution in [2.24, 2.45) is 0 Å². The monoisotopic (exact) mass is 271 g/mol. The molecular weight excluding hydrogens is 254 g/mol. The summed E-state index contributed by atoms with van der Waals surface area (Å²) >= 11 is 0. The molecule has 0 spiro atoms. The van der Waals surface area contributed by atoms with E-state index >= 15 is 0 Å². The number of nitrogens with one attached hydrogen (secondary N) is 1. The Morgan fingerprint density at radius 3 is 2.70 bits per heavy atom. The number of aromatic nitrogens is 3. The third kappa shape index (κ3) is 3.03. The molecule has 104 valence electrons. The van der Waals surface area contributed by atoms with E-state index in [0.717, 1.165) is 37.3 Å². The molecule has 3 N–H and O–H groups in total. The van der Waals surface area contributed by atoms with E-state index in [1.165, 1.54) is 0 Å². The fourth-order valence-electron chi connectivity index (χ4n) is 2.14. The summed E-state index contributed by atoms with van der Waals surface area (Å²) in [6.07, 6.45) is 7.64. The molecule has 0 amide bonds. The molecule has 2 aromatic rings. The van der Waals surface area contributed by atoms with Crippen molar-refractivity contribution in [1.29, 1.82) is 0 Å². The lowest BCUT2D eigenvalue weighted by molar-refractivity contribution is 0.120. The Balaban J connectivity index is 1.63. The molecule has 1 fully saturated rings. The molecular formula is C14H17N5O. The van der Waals surface area contributed by atoms with Gasteiger partial charge in [0.05, 0.1) is 23.7 Å². The number of nitrogens with zero attached hydrogens (tertiary/aromatic N) is 3. The summed E-state index contributed by atoms with van der Waals surface area (Å²) in [5.74, 6) is 0.611. The van der Waals surface area contributed by atoms with Crippen LogP contribution < -0.4 is 11.1 Å². The van der Waals surface area contributed by atoms with Gasteiger partial charge in [-0.25, -0.2) is 9.97 Å². The number of ether oxygens (including phenoxy) is 1. The van der Waals surface area contributed by atoms with E-state index in [4.69, 9.17) is 10.5 Å². The van der Waals surface area contributed by atoms with Gasteiger partial charge in [0.25, 0.3) is 0 Å². The molecule has 0 aliphatic carbocycles. The molecule has 1 aliphatic heterocycles. The molecule has 3 rings (SSSR count). The minimum atomic E-state index is 0.275. The number of hydrogen-bond donors (Lipinski definition) is 2. The van der Waals surface area contributed by atoms with Crippen LogP contribution in [0.3, 0.4) is 0 Å². The minimum absolute atomic E-state index is 0.275. The number of pyridine rings is 1. The summed E-state index contributed by atoms with van der Waals surface area (Å²) in [6.45, 7) is 1.61. The van der Waals surface area contributed by atoms with Crippen LogP contribution in [0.1, 0.15) is 12.8 Å². The zero-order valence-corrected chi connectivity index (χ0v) is 11.1. The topological polar surface area (TPSA) is 86.0 Å². The highest BCUT2D eigenvalue weighted by Gasteiger charge is 2.15. The van der Waals surface area contributed by atoms with Gasteiger partial charge >= 0.3 is 0 Å². The van der Waals surface area contributed by atoms with Gasteiger partial charge in [0.2, 0.25) is 5.95 Å². The van der Waals surface area contributed by atoms with Crippen molar-refractivity contribution in [3.8, 4) is 11.3 Å². The normalized spacial score (nSPS) is 18.1. The minimum Gasteiger partial charge on any atom is -0.397 e. The highest BCUT2D eigenvalue weighted by Crippen LogP contribution is 2.17. The fraction of sp³-hybridized carbons (Fsp3) is 0.357. The zero-order chi connectivity index (χ0) is 13.8. The third-order valence-electron chi connectivity index (χ3n) is 3.25. The Kier molecular flexibility index (Phi) is 3.73. The third-order valence-corrected chi connectivity index (χ3v) is 3.25. The van der Waals surface area contributed by atoms with Crippen LogP contribution in [0.5, 0.6) is 0 Å². The van der Waals surface area contributed by atoms with Gasteiger partial charge < -0.3 is 15.8 Å². The second kappa shape index (κ2) is 5.83. The van der Waals surface area contributed by atoms with Gasteiger partial charge in [-0.3, -0.25) is 4.98 Å². The summed E-state index contributed by atoms with van der Waals surface area (Å²) in [5, 5.41) is 3.19. The molecule has 2 aromatic heterocycles. The fourth-order valence-corrected chi connectivity index (χ4v) is 2.14. The highest BCUT2D eigenvalue weighted by molar-refractivity contribution is 5.59. The second-order valence-electron chi connectivity index (χ2n) is 4.79. The van der Waals surface area contributed by atoms with Crippen LogP contribution in [0, 0.1) is 0 Å². The van der Waals surface area contributed by atoms with Crippen molar-refractivity contribution < 1.29 is 4.74 Å². The first-order chi connectivity index (χ1) is 9.81. The molecule has 1 atom stereocenters. The van der Waals surface area contributed by atoms with E-state index in [1.54, 1.807) is 18.6 Å². The molecule has 1 aliphatic rings. The van der Waals surface area contributed by atoms with E-state index in [-0.39, 0.29) is 6.10 Å². The van der Waals surface area contributed by atoms with Crippen molar-refractivity contribution in [3.63, 3.8) is 0 Å². The summed E-state index contributed by atoms with van der Waals surface area (Å²) in [5.41, 5.74) is 7.93. The van der Waals surface area contributed by atoms with Crippen LogP contribution in [0.25, 0.3) is 11.3 Å². The Hall–Kier alpha value is -2.21. The molecule has 0 bridgehead atoms. The molecule has 3 heterocycles. The van der Waals surface area contributed by atoms with E-state index in [1.807, 2.05) is 12.1 Å². The Morgan fingerprint density at radius 2 is 2.05 bits per heavy atom. The van der Waals surface area contributed by atoms with Gasteiger partial charge in [0, 0.05) is 31.1 Å². The molecule has 1 unspecified atom stereocenters. The molecule has 0 aromatic carbocycles. The summed E-state index contributed by atoms with van der Waals surface area (Å²) in [6, 6.07) is 3.67. The van der Waals surface area contributed by atoms with Crippen LogP contribution in [0.15, 0.2) is 30.7 Å². The standard InChI is InChI=1S/C14H17N5O/c15-11-3-4-13(16-8-11)10-6-17-14(18-7-10)19-9-12-2-1-5-20-12/h3-4,6-8,12H,1-2,5,9,15H2,(H,17,18,19). The quantitative estimate of drug-likeness (QED) is 0.880. The highest BCUT2D eigenvalue weighted by atomic mass is 16.5. The Bertz CT molecular complexity index is 549. The van der Waals surface area contributed by atoms with Crippen molar-refractivity contribution >= 4 is 11.6 Å². The number of hydrogen-bond acceptors (Lipinski definition) is 6. The van der Waals surface area contributed by atoms with Crippen molar-refractivity contribution in [1.82, 2.24) is 15.0 Å². The van der Waals surface area contributed by atoms with Crippen LogP contribution >= 0.6 is 0 Å². The van der Waals surface area contributed by atoms with E-state index in [9.17, 15) is 0 Å². The Morgan fingerprint density at radius 1 is 1.20 bits per heavy atom. The van der Waals surface area contributed by atoms with Crippen LogP contribution in [0.2, 0.25) is 0 Å². The maximum atomic E-state index is 5.61. The van der Waals surface area contributed by atoms with Crippen molar-refractivity contribution in [3.05, 3.63) is 30.7 Å². The zero-order valence-electron chi connectivity index (χ0n) is 11.1. The first-order valence-electron chi connectivity index (χ1n) is 6.71. The number of nitrogens with two attached hydrogens (primary N) is 1. The smallest absolute Gasteiger partial charge is 0.222 e. The first-order valence-corrected chi connectivity index (χ1v) is 6.71. The second-order valence-corrected chi connectivity index (χ2v) is 4.79. The van der Waals surface area contributed by atoms with Gasteiger partial charge in [0.1, 0.15) is 0 Å². The van der Waals surface area contributed by atoms with Crippen molar-refractivity contribution in [2.45, 2.75) is 18.9 Å². The van der Waals surface area contributed by atoms with E-state index < -0.39 is 0 Å². The number of nitrogen functional groups attached to an aromatic ring is 1. The summed E-state index contributed by atoms with van der Waals surface area (Å²) in [7, 11) is 0. The molecule has 6 heteroatoms. The van der Waals surface area contributed by atoms with Crippen LogP contribution in [-0.4, -0.2) is 34.2 Å². The average Bonchev–Trinajstić information content (AvgIpc) is 3.00. The number of rotatable bonds is 4. The van der Waals surface area contributed by atoms with Gasteiger partial charge in [-0.1, -0.05) is 0 Å². The SMILES string of the molecule is Nc1ccc(-c2cnc(NCC3CCCO3)nc2)nc1. The maximum absolute atomic E-state index is 5.61. The predicted octanol–water partition coefficient (Wildman–Crippen LogP) is 1.71. The summed E-state index contributed by atoms with van der Waals surface area (Å²) < 4.78 is 5.54. The van der Waals surface area contributed by atoms with Crippen LogP contribution in [0.4, 0.5) is 11.6 Å².